The second-order valence-electron chi connectivity index (χ2n) is 6.94. The number of aromatic nitrogens is 2. The van der Waals surface area contributed by atoms with Gasteiger partial charge in [-0.3, -0.25) is 4.79 Å². The van der Waals surface area contributed by atoms with Crippen LogP contribution in [0.25, 0.3) is 0 Å². The van der Waals surface area contributed by atoms with Crippen LogP contribution < -0.4 is 9.80 Å². The highest BCUT2D eigenvalue weighted by Crippen LogP contribution is 2.20. The third kappa shape index (κ3) is 3.64. The molecule has 4 rings (SSSR count). The van der Waals surface area contributed by atoms with E-state index in [9.17, 15) is 4.79 Å². The molecule has 1 amide bonds. The topological polar surface area (TPSA) is 52.6 Å². The van der Waals surface area contributed by atoms with Gasteiger partial charge in [0.05, 0.1) is 0 Å². The van der Waals surface area contributed by atoms with Crippen LogP contribution in [0.2, 0.25) is 0 Å². The summed E-state index contributed by atoms with van der Waals surface area (Å²) in [5.41, 5.74) is 0.756. The fourth-order valence-corrected chi connectivity index (χ4v) is 3.68. The quantitative estimate of drug-likeness (QED) is 0.850. The van der Waals surface area contributed by atoms with Crippen molar-refractivity contribution in [2.45, 2.75) is 19.3 Å². The maximum atomic E-state index is 12.5. The SMILES string of the molecule is O=C(c1ccccc1)N1CCN(c2ccc(N3CCCCC3)nn2)CC1. The first kappa shape index (κ1) is 16.8. The molecule has 2 aliphatic heterocycles. The van der Waals surface area contributed by atoms with E-state index in [-0.39, 0.29) is 5.91 Å². The standard InChI is InChI=1S/C20H25N5O/c26-20(17-7-3-1-4-8-17)25-15-13-24(14-16-25)19-10-9-18(21-22-19)23-11-5-2-6-12-23/h1,3-4,7-10H,2,5-6,11-16H2. The molecule has 0 N–H and O–H groups in total. The average molecular weight is 351 g/mol. The van der Waals surface area contributed by atoms with Crippen molar-refractivity contribution in [1.82, 2.24) is 15.1 Å². The van der Waals surface area contributed by atoms with Gasteiger partial charge >= 0.3 is 0 Å². The third-order valence-corrected chi connectivity index (χ3v) is 5.23. The van der Waals surface area contributed by atoms with Crippen LogP contribution in [-0.4, -0.2) is 60.3 Å². The highest BCUT2D eigenvalue weighted by Gasteiger charge is 2.23. The number of hydrogen-bond donors (Lipinski definition) is 0. The van der Waals surface area contributed by atoms with Crippen LogP contribution in [0.5, 0.6) is 0 Å². The lowest BCUT2D eigenvalue weighted by atomic mass is 10.1. The predicted molar refractivity (Wildman–Crippen MR) is 103 cm³/mol. The highest BCUT2D eigenvalue weighted by atomic mass is 16.2. The molecule has 136 valence electrons. The molecule has 2 aromatic rings. The van der Waals surface area contributed by atoms with Crippen LogP contribution in [0.15, 0.2) is 42.5 Å². The number of piperidine rings is 1. The Morgan fingerprint density at radius 1 is 0.692 bits per heavy atom. The zero-order valence-corrected chi connectivity index (χ0v) is 15.0. The number of amides is 1. The van der Waals surface area contributed by atoms with E-state index in [1.807, 2.05) is 35.2 Å². The maximum absolute atomic E-state index is 12.5. The van der Waals surface area contributed by atoms with E-state index in [4.69, 9.17) is 0 Å². The van der Waals surface area contributed by atoms with Gasteiger partial charge in [0.15, 0.2) is 11.6 Å². The number of piperazine rings is 1. The van der Waals surface area contributed by atoms with E-state index in [0.29, 0.717) is 13.1 Å². The summed E-state index contributed by atoms with van der Waals surface area (Å²) in [7, 11) is 0. The lowest BCUT2D eigenvalue weighted by molar-refractivity contribution is 0.0746. The molecule has 0 spiro atoms. The van der Waals surface area contributed by atoms with Crippen LogP contribution in [0, 0.1) is 0 Å². The highest BCUT2D eigenvalue weighted by molar-refractivity contribution is 5.94. The number of nitrogens with zero attached hydrogens (tertiary/aromatic N) is 5. The minimum atomic E-state index is 0.108. The largest absolute Gasteiger partial charge is 0.355 e. The summed E-state index contributed by atoms with van der Waals surface area (Å²) >= 11 is 0. The Hall–Kier alpha value is -2.63. The minimum Gasteiger partial charge on any atom is -0.355 e. The van der Waals surface area contributed by atoms with Gasteiger partial charge in [-0.1, -0.05) is 18.2 Å². The molecule has 6 heteroatoms. The van der Waals surface area contributed by atoms with Crippen LogP contribution >= 0.6 is 0 Å². The van der Waals surface area contributed by atoms with E-state index in [1.165, 1.54) is 19.3 Å². The molecule has 2 saturated heterocycles. The summed E-state index contributed by atoms with van der Waals surface area (Å²) < 4.78 is 0. The van der Waals surface area contributed by atoms with Crippen molar-refractivity contribution in [3.05, 3.63) is 48.0 Å². The number of hydrogen-bond acceptors (Lipinski definition) is 5. The van der Waals surface area contributed by atoms with E-state index in [1.54, 1.807) is 0 Å². The number of rotatable bonds is 3. The molecule has 0 unspecified atom stereocenters. The first-order chi connectivity index (χ1) is 12.8. The number of benzene rings is 1. The molecule has 2 aliphatic rings. The number of carbonyl (C=O) groups is 1. The Morgan fingerprint density at radius 2 is 1.27 bits per heavy atom. The molecule has 1 aromatic carbocycles. The molecule has 0 aliphatic carbocycles. The zero-order chi connectivity index (χ0) is 17.8. The molecule has 0 atom stereocenters. The van der Waals surface area contributed by atoms with Gasteiger partial charge in [0.1, 0.15) is 0 Å². The monoisotopic (exact) mass is 351 g/mol. The van der Waals surface area contributed by atoms with Gasteiger partial charge in [-0.2, -0.15) is 0 Å². The van der Waals surface area contributed by atoms with Crippen molar-refractivity contribution in [3.8, 4) is 0 Å². The Kier molecular flexibility index (Phi) is 5.00. The summed E-state index contributed by atoms with van der Waals surface area (Å²) in [5.74, 6) is 1.99. The van der Waals surface area contributed by atoms with E-state index >= 15 is 0 Å². The normalized spacial score (nSPS) is 18.1. The molecule has 0 bridgehead atoms. The second-order valence-corrected chi connectivity index (χ2v) is 6.94. The van der Waals surface area contributed by atoms with Gasteiger partial charge in [0.25, 0.3) is 5.91 Å². The molecular weight excluding hydrogens is 326 g/mol. The number of anilines is 2. The Morgan fingerprint density at radius 3 is 1.85 bits per heavy atom. The molecular formula is C20H25N5O. The minimum absolute atomic E-state index is 0.108. The van der Waals surface area contributed by atoms with Gasteiger partial charge in [-0.25, -0.2) is 0 Å². The van der Waals surface area contributed by atoms with Crippen LogP contribution in [0.1, 0.15) is 29.6 Å². The summed E-state index contributed by atoms with van der Waals surface area (Å²) in [4.78, 5) is 19.0. The van der Waals surface area contributed by atoms with Gasteiger partial charge in [-0.15, -0.1) is 10.2 Å². The second kappa shape index (κ2) is 7.72. The predicted octanol–water partition coefficient (Wildman–Crippen LogP) is 2.43. The van der Waals surface area contributed by atoms with E-state index in [0.717, 1.165) is 43.4 Å². The summed E-state index contributed by atoms with van der Waals surface area (Å²) in [6.45, 7) is 5.15. The average Bonchev–Trinajstić information content (AvgIpc) is 2.75. The fraction of sp³-hybridized carbons (Fsp3) is 0.450. The molecule has 0 radical (unpaired) electrons. The molecule has 1 aromatic heterocycles. The fourth-order valence-electron chi connectivity index (χ4n) is 3.68. The van der Waals surface area contributed by atoms with Crippen molar-refractivity contribution in [1.29, 1.82) is 0 Å². The Balaban J connectivity index is 1.35. The molecule has 0 saturated carbocycles. The van der Waals surface area contributed by atoms with Gasteiger partial charge in [0.2, 0.25) is 0 Å². The van der Waals surface area contributed by atoms with Crippen LogP contribution in [0.3, 0.4) is 0 Å². The summed E-state index contributed by atoms with van der Waals surface area (Å²) in [6, 6.07) is 13.6. The molecule has 3 heterocycles. The molecule has 26 heavy (non-hydrogen) atoms. The van der Waals surface area contributed by atoms with Crippen molar-refractivity contribution in [2.24, 2.45) is 0 Å². The summed E-state index contributed by atoms with van der Waals surface area (Å²) in [6.07, 6.45) is 3.79. The van der Waals surface area contributed by atoms with Crippen molar-refractivity contribution in [3.63, 3.8) is 0 Å². The van der Waals surface area contributed by atoms with E-state index in [2.05, 4.69) is 32.1 Å². The molecule has 2 fully saturated rings. The lowest BCUT2D eigenvalue weighted by Crippen LogP contribution is -2.49. The van der Waals surface area contributed by atoms with Crippen molar-refractivity contribution in [2.75, 3.05) is 49.1 Å². The van der Waals surface area contributed by atoms with E-state index < -0.39 is 0 Å². The Labute approximate surface area is 154 Å². The lowest BCUT2D eigenvalue weighted by Gasteiger charge is -2.35. The molecule has 6 nitrogen and oxygen atoms in total. The van der Waals surface area contributed by atoms with Gasteiger partial charge in [0, 0.05) is 44.8 Å². The van der Waals surface area contributed by atoms with Crippen molar-refractivity contribution >= 4 is 17.5 Å². The smallest absolute Gasteiger partial charge is 0.253 e. The van der Waals surface area contributed by atoms with Gasteiger partial charge in [-0.05, 0) is 43.5 Å². The summed E-state index contributed by atoms with van der Waals surface area (Å²) in [5, 5.41) is 8.87. The van der Waals surface area contributed by atoms with Crippen LogP contribution in [-0.2, 0) is 0 Å². The zero-order valence-electron chi connectivity index (χ0n) is 15.0. The first-order valence-corrected chi connectivity index (χ1v) is 9.49. The number of carbonyl (C=O) groups excluding carboxylic acids is 1. The Bertz CT molecular complexity index is 720. The third-order valence-electron chi connectivity index (χ3n) is 5.23. The van der Waals surface area contributed by atoms with Crippen molar-refractivity contribution < 1.29 is 4.79 Å². The first-order valence-electron chi connectivity index (χ1n) is 9.49. The maximum Gasteiger partial charge on any atom is 0.253 e. The van der Waals surface area contributed by atoms with Crippen LogP contribution in [0.4, 0.5) is 11.6 Å². The van der Waals surface area contributed by atoms with Gasteiger partial charge < -0.3 is 14.7 Å².